The highest BCUT2D eigenvalue weighted by molar-refractivity contribution is 5.86. The fourth-order valence-corrected chi connectivity index (χ4v) is 2.46. The number of carbonyl (C=O) groups excluding carboxylic acids is 2. The molecule has 26 heavy (non-hydrogen) atoms. The third kappa shape index (κ3) is 4.48. The van der Waals surface area contributed by atoms with Gasteiger partial charge < -0.3 is 9.64 Å². The van der Waals surface area contributed by atoms with Crippen molar-refractivity contribution in [1.29, 1.82) is 5.26 Å². The van der Waals surface area contributed by atoms with E-state index in [1.165, 1.54) is 11.9 Å². The van der Waals surface area contributed by atoms with E-state index in [4.69, 9.17) is 10.00 Å². The molecule has 5 heteroatoms. The van der Waals surface area contributed by atoms with E-state index in [1.54, 1.807) is 13.8 Å². The van der Waals surface area contributed by atoms with Crippen molar-refractivity contribution in [2.24, 2.45) is 0 Å². The minimum atomic E-state index is -0.970. The molecule has 0 atom stereocenters. The smallest absolute Gasteiger partial charge is 0.318 e. The summed E-state index contributed by atoms with van der Waals surface area (Å²) in [4.78, 5) is 26.3. The average molecular weight is 350 g/mol. The molecule has 0 aliphatic heterocycles. The molecule has 0 aliphatic rings. The van der Waals surface area contributed by atoms with Gasteiger partial charge in [0.1, 0.15) is 11.5 Å². The second kappa shape index (κ2) is 8.30. The van der Waals surface area contributed by atoms with Gasteiger partial charge in [-0.05, 0) is 25.0 Å². The van der Waals surface area contributed by atoms with Crippen molar-refractivity contribution >= 4 is 11.9 Å². The van der Waals surface area contributed by atoms with Crippen LogP contribution in [0.4, 0.5) is 0 Å². The van der Waals surface area contributed by atoms with Gasteiger partial charge in [-0.2, -0.15) is 5.26 Å². The lowest BCUT2D eigenvalue weighted by Gasteiger charge is -2.29. The maximum atomic E-state index is 12.7. The highest BCUT2D eigenvalue weighted by atomic mass is 16.5. The molecule has 0 saturated carbocycles. The van der Waals surface area contributed by atoms with Crippen molar-refractivity contribution in [2.45, 2.75) is 25.3 Å². The Morgan fingerprint density at radius 3 is 1.92 bits per heavy atom. The van der Waals surface area contributed by atoms with Crippen LogP contribution in [0, 0.1) is 11.3 Å². The largest absolute Gasteiger partial charge is 0.455 e. The highest BCUT2D eigenvalue weighted by Gasteiger charge is 2.29. The fraction of sp³-hybridized carbons (Fsp3) is 0.286. The molecule has 0 aliphatic carbocycles. The Hall–Kier alpha value is -3.13. The van der Waals surface area contributed by atoms with Crippen LogP contribution in [0.25, 0.3) is 0 Å². The molecule has 0 saturated heterocycles. The Bertz CT molecular complexity index is 756. The zero-order valence-corrected chi connectivity index (χ0v) is 15.2. The first-order valence-electron chi connectivity index (χ1n) is 8.31. The van der Waals surface area contributed by atoms with Gasteiger partial charge in [0.25, 0.3) is 5.91 Å². The molecular formula is C21H22N2O3. The molecule has 134 valence electrons. The van der Waals surface area contributed by atoms with E-state index in [1.807, 2.05) is 66.7 Å². The van der Waals surface area contributed by atoms with Gasteiger partial charge in [-0.15, -0.1) is 0 Å². The van der Waals surface area contributed by atoms with E-state index in [9.17, 15) is 9.59 Å². The molecule has 2 rings (SSSR count). The summed E-state index contributed by atoms with van der Waals surface area (Å²) in [7, 11) is 1.52. The molecule has 0 spiro atoms. The van der Waals surface area contributed by atoms with Crippen LogP contribution in [0.15, 0.2) is 60.7 Å². The average Bonchev–Trinajstić information content (AvgIpc) is 2.67. The predicted molar refractivity (Wildman–Crippen MR) is 98.1 cm³/mol. The van der Waals surface area contributed by atoms with E-state index in [0.717, 1.165) is 11.1 Å². The molecule has 1 amide bonds. The second-order valence-corrected chi connectivity index (χ2v) is 6.49. The van der Waals surface area contributed by atoms with Gasteiger partial charge in [0.2, 0.25) is 0 Å². The van der Waals surface area contributed by atoms with Gasteiger partial charge in [-0.3, -0.25) is 9.59 Å². The predicted octanol–water partition coefficient (Wildman–Crippen LogP) is 3.12. The monoisotopic (exact) mass is 350 g/mol. The number of benzene rings is 2. The summed E-state index contributed by atoms with van der Waals surface area (Å²) < 4.78 is 5.30. The summed E-state index contributed by atoms with van der Waals surface area (Å²) in [5.41, 5.74) is 0.616. The SMILES string of the molecule is CN(C(=O)COC(=O)C(c1ccccc1)c1ccccc1)C(C)(C)C#N. The molecule has 0 radical (unpaired) electrons. The van der Waals surface area contributed by atoms with Gasteiger partial charge in [0.05, 0.1) is 6.07 Å². The van der Waals surface area contributed by atoms with Crippen molar-refractivity contribution in [2.75, 3.05) is 13.7 Å². The van der Waals surface area contributed by atoms with Crippen LogP contribution in [-0.2, 0) is 14.3 Å². The zero-order valence-electron chi connectivity index (χ0n) is 15.2. The van der Waals surface area contributed by atoms with Crippen LogP contribution in [0.5, 0.6) is 0 Å². The van der Waals surface area contributed by atoms with Crippen LogP contribution < -0.4 is 0 Å². The number of hydrogen-bond acceptors (Lipinski definition) is 4. The fourth-order valence-electron chi connectivity index (χ4n) is 2.46. The lowest BCUT2D eigenvalue weighted by molar-refractivity contribution is -0.153. The number of esters is 1. The van der Waals surface area contributed by atoms with Gasteiger partial charge in [0.15, 0.2) is 6.61 Å². The van der Waals surface area contributed by atoms with Crippen molar-refractivity contribution < 1.29 is 14.3 Å². The van der Waals surface area contributed by atoms with E-state index < -0.39 is 29.9 Å². The maximum Gasteiger partial charge on any atom is 0.318 e. The van der Waals surface area contributed by atoms with E-state index in [-0.39, 0.29) is 0 Å². The number of amides is 1. The van der Waals surface area contributed by atoms with Crippen LogP contribution in [0.1, 0.15) is 30.9 Å². The van der Waals surface area contributed by atoms with Crippen LogP contribution in [0.2, 0.25) is 0 Å². The summed E-state index contributed by atoms with van der Waals surface area (Å²) >= 11 is 0. The number of ether oxygens (including phenoxy) is 1. The Morgan fingerprint density at radius 2 is 1.50 bits per heavy atom. The molecule has 0 unspecified atom stereocenters. The quantitative estimate of drug-likeness (QED) is 0.751. The molecule has 0 heterocycles. The number of likely N-dealkylation sites (N-methyl/N-ethyl adjacent to an activating group) is 1. The van der Waals surface area contributed by atoms with E-state index in [0.29, 0.717) is 0 Å². The van der Waals surface area contributed by atoms with Crippen molar-refractivity contribution in [3.63, 3.8) is 0 Å². The molecule has 0 bridgehead atoms. The lowest BCUT2D eigenvalue weighted by atomic mass is 9.91. The number of hydrogen-bond donors (Lipinski definition) is 0. The Labute approximate surface area is 153 Å². The van der Waals surface area contributed by atoms with E-state index >= 15 is 0 Å². The summed E-state index contributed by atoms with van der Waals surface area (Å²) in [5.74, 6) is -1.54. The first-order chi connectivity index (χ1) is 12.4. The van der Waals surface area contributed by atoms with Crippen LogP contribution in [-0.4, -0.2) is 36.0 Å². The molecule has 5 nitrogen and oxygen atoms in total. The highest BCUT2D eigenvalue weighted by Crippen LogP contribution is 2.26. The lowest BCUT2D eigenvalue weighted by Crippen LogP contribution is -2.45. The number of rotatable bonds is 6. The summed E-state index contributed by atoms with van der Waals surface area (Å²) in [6.45, 7) is 2.85. The zero-order chi connectivity index (χ0) is 19.2. The Balaban J connectivity index is 2.16. The van der Waals surface area contributed by atoms with Gasteiger partial charge in [-0.25, -0.2) is 0 Å². The molecule has 2 aromatic rings. The Morgan fingerprint density at radius 1 is 1.04 bits per heavy atom. The topological polar surface area (TPSA) is 70.4 Å². The van der Waals surface area contributed by atoms with Crippen molar-refractivity contribution in [3.05, 3.63) is 71.8 Å². The molecule has 0 N–H and O–H groups in total. The van der Waals surface area contributed by atoms with Gasteiger partial charge in [0, 0.05) is 7.05 Å². The standard InChI is InChI=1S/C21H22N2O3/c1-21(2,15-22)23(3)18(24)14-26-20(25)19(16-10-6-4-7-11-16)17-12-8-5-9-13-17/h4-13,19H,14H2,1-3H3. The van der Waals surface area contributed by atoms with Crippen molar-refractivity contribution in [1.82, 2.24) is 4.90 Å². The summed E-state index contributed by atoms with van der Waals surface area (Å²) in [5, 5.41) is 9.12. The summed E-state index contributed by atoms with van der Waals surface area (Å²) in [6.07, 6.45) is 0. The normalized spacial score (nSPS) is 10.9. The Kier molecular flexibility index (Phi) is 6.13. The second-order valence-electron chi connectivity index (χ2n) is 6.49. The van der Waals surface area contributed by atoms with Crippen LogP contribution in [0.3, 0.4) is 0 Å². The minimum Gasteiger partial charge on any atom is -0.455 e. The molecule has 0 fully saturated rings. The van der Waals surface area contributed by atoms with Crippen LogP contribution >= 0.6 is 0 Å². The third-order valence-electron chi connectivity index (χ3n) is 4.33. The molecule has 2 aromatic carbocycles. The first-order valence-corrected chi connectivity index (χ1v) is 8.31. The van der Waals surface area contributed by atoms with E-state index in [2.05, 4.69) is 0 Å². The molecular weight excluding hydrogens is 328 g/mol. The number of carbonyl (C=O) groups is 2. The van der Waals surface area contributed by atoms with Crippen molar-refractivity contribution in [3.8, 4) is 6.07 Å². The maximum absolute atomic E-state index is 12.7. The minimum absolute atomic E-state index is 0.406. The van der Waals surface area contributed by atoms with Gasteiger partial charge >= 0.3 is 5.97 Å². The third-order valence-corrected chi connectivity index (χ3v) is 4.33. The number of nitriles is 1. The first kappa shape index (κ1) is 19.2. The summed E-state index contributed by atoms with van der Waals surface area (Å²) in [6, 6.07) is 20.6. The van der Waals surface area contributed by atoms with Gasteiger partial charge in [-0.1, -0.05) is 60.7 Å². The molecule has 0 aromatic heterocycles. The number of nitrogens with zero attached hydrogens (tertiary/aromatic N) is 2.